The van der Waals surface area contributed by atoms with Crippen LogP contribution in [0.3, 0.4) is 0 Å². The molecule has 4 heteroatoms. The molecule has 4 nitrogen and oxygen atoms in total. The van der Waals surface area contributed by atoms with E-state index in [2.05, 4.69) is 17.0 Å². The molecule has 1 N–H and O–H groups in total. The second kappa shape index (κ2) is 6.16. The van der Waals surface area contributed by atoms with Crippen molar-refractivity contribution in [3.05, 3.63) is 35.4 Å². The van der Waals surface area contributed by atoms with Crippen molar-refractivity contribution in [2.45, 2.75) is 38.3 Å². The molecule has 1 atom stereocenters. The molecule has 1 aromatic rings. The zero-order chi connectivity index (χ0) is 14.8. The molecular weight excluding hydrogens is 264 g/mol. The third-order valence-corrected chi connectivity index (χ3v) is 4.68. The van der Waals surface area contributed by atoms with Crippen LogP contribution in [0.2, 0.25) is 0 Å². The maximum Gasteiger partial charge on any atom is 0.237 e. The summed E-state index contributed by atoms with van der Waals surface area (Å²) in [4.78, 5) is 16.6. The van der Waals surface area contributed by atoms with Crippen molar-refractivity contribution in [3.8, 4) is 0 Å². The molecule has 1 amide bonds. The summed E-state index contributed by atoms with van der Waals surface area (Å²) in [6.07, 6.45) is 3.24. The van der Waals surface area contributed by atoms with Crippen LogP contribution in [-0.2, 0) is 11.2 Å². The standard InChI is InChI=1S/C17H24N2O2/c1-2-19(14-7-8-14)17(21)11-18-10-9-13-5-3-4-6-15(13)16(18)12-20/h3-6,14,16,20H,2,7-12H2,1H3. The molecule has 0 saturated heterocycles. The highest BCUT2D eigenvalue weighted by molar-refractivity contribution is 5.79. The number of carbonyl (C=O) groups is 1. The molecule has 0 aromatic heterocycles. The van der Waals surface area contributed by atoms with Gasteiger partial charge in [-0.15, -0.1) is 0 Å². The average Bonchev–Trinajstić information content (AvgIpc) is 3.32. The van der Waals surface area contributed by atoms with Crippen LogP contribution >= 0.6 is 0 Å². The number of likely N-dealkylation sites (N-methyl/N-ethyl adjacent to an activating group) is 1. The third kappa shape index (κ3) is 2.97. The van der Waals surface area contributed by atoms with Gasteiger partial charge < -0.3 is 10.0 Å². The van der Waals surface area contributed by atoms with Crippen LogP contribution in [0, 0.1) is 0 Å². The number of fused-ring (bicyclic) bond motifs is 1. The van der Waals surface area contributed by atoms with Crippen molar-refractivity contribution >= 4 is 5.91 Å². The number of hydrogen-bond donors (Lipinski definition) is 1. The van der Waals surface area contributed by atoms with Crippen molar-refractivity contribution in [1.82, 2.24) is 9.80 Å². The second-order valence-corrected chi connectivity index (χ2v) is 6.03. The monoisotopic (exact) mass is 288 g/mol. The zero-order valence-corrected chi connectivity index (χ0v) is 12.7. The van der Waals surface area contributed by atoms with E-state index in [9.17, 15) is 9.90 Å². The average molecular weight is 288 g/mol. The van der Waals surface area contributed by atoms with E-state index in [4.69, 9.17) is 0 Å². The Bertz CT molecular complexity index is 513. The summed E-state index contributed by atoms with van der Waals surface area (Å²) in [5.41, 5.74) is 2.48. The van der Waals surface area contributed by atoms with Gasteiger partial charge >= 0.3 is 0 Å². The highest BCUT2D eigenvalue weighted by atomic mass is 16.3. The molecule has 2 aliphatic rings. The lowest BCUT2D eigenvalue weighted by atomic mass is 9.93. The van der Waals surface area contributed by atoms with Crippen LogP contribution in [0.15, 0.2) is 24.3 Å². The fourth-order valence-electron chi connectivity index (χ4n) is 3.40. The molecule has 1 fully saturated rings. The Hall–Kier alpha value is -1.39. The van der Waals surface area contributed by atoms with E-state index in [0.717, 1.165) is 32.4 Å². The molecule has 1 unspecified atom stereocenters. The number of aliphatic hydroxyl groups excluding tert-OH is 1. The molecule has 1 aliphatic heterocycles. The van der Waals surface area contributed by atoms with Gasteiger partial charge in [-0.3, -0.25) is 9.69 Å². The van der Waals surface area contributed by atoms with E-state index in [1.807, 2.05) is 24.0 Å². The van der Waals surface area contributed by atoms with E-state index >= 15 is 0 Å². The molecular formula is C17H24N2O2. The summed E-state index contributed by atoms with van der Waals surface area (Å²) in [6, 6.07) is 8.67. The predicted molar refractivity (Wildman–Crippen MR) is 82.0 cm³/mol. The molecule has 114 valence electrons. The Morgan fingerprint density at radius 2 is 2.14 bits per heavy atom. The zero-order valence-electron chi connectivity index (χ0n) is 12.7. The van der Waals surface area contributed by atoms with E-state index in [1.165, 1.54) is 11.1 Å². The summed E-state index contributed by atoms with van der Waals surface area (Å²) < 4.78 is 0. The quantitative estimate of drug-likeness (QED) is 0.895. The van der Waals surface area contributed by atoms with Gasteiger partial charge in [-0.05, 0) is 37.3 Å². The molecule has 1 saturated carbocycles. The van der Waals surface area contributed by atoms with Gasteiger partial charge in [0.1, 0.15) is 0 Å². The molecule has 1 heterocycles. The Kier molecular flexibility index (Phi) is 4.27. The van der Waals surface area contributed by atoms with Gasteiger partial charge in [-0.2, -0.15) is 0 Å². The number of nitrogens with zero attached hydrogens (tertiary/aromatic N) is 2. The van der Waals surface area contributed by atoms with Crippen molar-refractivity contribution in [2.24, 2.45) is 0 Å². The Balaban J connectivity index is 1.72. The summed E-state index contributed by atoms with van der Waals surface area (Å²) >= 11 is 0. The maximum atomic E-state index is 12.5. The second-order valence-electron chi connectivity index (χ2n) is 6.03. The maximum absolute atomic E-state index is 12.5. The summed E-state index contributed by atoms with van der Waals surface area (Å²) in [6.45, 7) is 4.17. The van der Waals surface area contributed by atoms with Crippen molar-refractivity contribution in [1.29, 1.82) is 0 Å². The summed E-state index contributed by atoms with van der Waals surface area (Å²) in [5.74, 6) is 0.206. The van der Waals surface area contributed by atoms with E-state index in [1.54, 1.807) is 0 Å². The molecule has 1 aliphatic carbocycles. The molecule has 1 aromatic carbocycles. The normalized spacial score (nSPS) is 21.9. The number of hydrogen-bond acceptors (Lipinski definition) is 3. The van der Waals surface area contributed by atoms with E-state index < -0.39 is 0 Å². The smallest absolute Gasteiger partial charge is 0.237 e. The van der Waals surface area contributed by atoms with Gasteiger partial charge in [0.2, 0.25) is 5.91 Å². The predicted octanol–water partition coefficient (Wildman–Crippen LogP) is 1.59. The lowest BCUT2D eigenvalue weighted by molar-refractivity contribution is -0.133. The highest BCUT2D eigenvalue weighted by Gasteiger charge is 2.34. The van der Waals surface area contributed by atoms with Crippen LogP contribution in [0.5, 0.6) is 0 Å². The van der Waals surface area contributed by atoms with Crippen LogP contribution < -0.4 is 0 Å². The molecule has 3 rings (SSSR count). The van der Waals surface area contributed by atoms with Crippen LogP contribution in [-0.4, -0.2) is 53.1 Å². The number of benzene rings is 1. The number of amides is 1. The fraction of sp³-hybridized carbons (Fsp3) is 0.588. The third-order valence-electron chi connectivity index (χ3n) is 4.68. The van der Waals surface area contributed by atoms with Crippen LogP contribution in [0.4, 0.5) is 0 Å². The van der Waals surface area contributed by atoms with Gasteiger partial charge in [-0.1, -0.05) is 24.3 Å². The topological polar surface area (TPSA) is 43.8 Å². The molecule has 0 spiro atoms. The number of carbonyl (C=O) groups excluding carboxylic acids is 1. The lowest BCUT2D eigenvalue weighted by Gasteiger charge is -2.37. The van der Waals surface area contributed by atoms with Gasteiger partial charge in [-0.25, -0.2) is 0 Å². The lowest BCUT2D eigenvalue weighted by Crippen LogP contribution is -2.45. The van der Waals surface area contributed by atoms with Crippen molar-refractivity contribution in [3.63, 3.8) is 0 Å². The largest absolute Gasteiger partial charge is 0.394 e. The first-order chi connectivity index (χ1) is 10.2. The number of rotatable bonds is 5. The van der Waals surface area contributed by atoms with Gasteiger partial charge in [0.25, 0.3) is 0 Å². The van der Waals surface area contributed by atoms with Crippen molar-refractivity contribution in [2.75, 3.05) is 26.2 Å². The molecule has 0 bridgehead atoms. The Morgan fingerprint density at radius 3 is 2.81 bits per heavy atom. The van der Waals surface area contributed by atoms with Crippen molar-refractivity contribution < 1.29 is 9.90 Å². The summed E-state index contributed by atoms with van der Waals surface area (Å²) in [5, 5.41) is 9.77. The molecule has 0 radical (unpaired) electrons. The van der Waals surface area contributed by atoms with Crippen LogP contribution in [0.25, 0.3) is 0 Å². The molecule has 21 heavy (non-hydrogen) atoms. The Labute approximate surface area is 126 Å². The van der Waals surface area contributed by atoms with Gasteiger partial charge in [0.15, 0.2) is 0 Å². The highest BCUT2D eigenvalue weighted by Crippen LogP contribution is 2.30. The SMILES string of the molecule is CCN(C(=O)CN1CCc2ccccc2C1CO)C1CC1. The van der Waals surface area contributed by atoms with Crippen LogP contribution in [0.1, 0.15) is 36.9 Å². The minimum absolute atomic E-state index is 0.0446. The minimum atomic E-state index is -0.0446. The first-order valence-electron chi connectivity index (χ1n) is 7.96. The summed E-state index contributed by atoms with van der Waals surface area (Å²) in [7, 11) is 0. The first kappa shape index (κ1) is 14.5. The minimum Gasteiger partial charge on any atom is -0.394 e. The van der Waals surface area contributed by atoms with Gasteiger partial charge in [0.05, 0.1) is 19.2 Å². The van der Waals surface area contributed by atoms with Gasteiger partial charge in [0, 0.05) is 19.1 Å². The van der Waals surface area contributed by atoms with E-state index in [0.29, 0.717) is 12.6 Å². The fourth-order valence-corrected chi connectivity index (χ4v) is 3.40. The number of aliphatic hydroxyl groups is 1. The van der Waals surface area contributed by atoms with E-state index in [-0.39, 0.29) is 18.6 Å². The Morgan fingerprint density at radius 1 is 1.38 bits per heavy atom. The first-order valence-corrected chi connectivity index (χ1v) is 7.96.